The molecule has 0 atom stereocenters. The molecule has 0 aliphatic rings. The first-order valence-corrected chi connectivity index (χ1v) is 12.5. The molecule has 170 valence electrons. The summed E-state index contributed by atoms with van der Waals surface area (Å²) in [7, 11) is -8.19. The van der Waals surface area contributed by atoms with E-state index in [0.717, 1.165) is 24.3 Å². The summed E-state index contributed by atoms with van der Waals surface area (Å²) in [5.74, 6) is 0.105. The molecule has 0 bridgehead atoms. The lowest BCUT2D eigenvalue weighted by Gasteiger charge is -2.20. The summed E-state index contributed by atoms with van der Waals surface area (Å²) in [5, 5.41) is 10.9. The lowest BCUT2D eigenvalue weighted by Crippen LogP contribution is -2.30. The van der Waals surface area contributed by atoms with Gasteiger partial charge in [0, 0.05) is 19.2 Å². The maximum Gasteiger partial charge on any atom is 0.289 e. The van der Waals surface area contributed by atoms with Crippen LogP contribution in [0.5, 0.6) is 5.75 Å². The number of sulfonamides is 2. The number of benzene rings is 2. The molecular formula is C18H22ClN3O7S2. The van der Waals surface area contributed by atoms with E-state index in [9.17, 15) is 26.9 Å². The van der Waals surface area contributed by atoms with Gasteiger partial charge in [-0.2, -0.15) is 4.31 Å². The van der Waals surface area contributed by atoms with Crippen LogP contribution in [0.4, 0.5) is 11.4 Å². The zero-order valence-corrected chi connectivity index (χ0v) is 19.4. The first kappa shape index (κ1) is 24.9. The van der Waals surface area contributed by atoms with E-state index in [4.69, 9.17) is 16.3 Å². The van der Waals surface area contributed by atoms with E-state index >= 15 is 0 Å². The molecule has 0 unspecified atom stereocenters. The fraction of sp³-hybridized carbons (Fsp3) is 0.333. The van der Waals surface area contributed by atoms with Gasteiger partial charge in [0.15, 0.2) is 0 Å². The van der Waals surface area contributed by atoms with Crippen LogP contribution in [0.15, 0.2) is 46.2 Å². The van der Waals surface area contributed by atoms with E-state index in [-0.39, 0.29) is 41.1 Å². The minimum absolute atomic E-state index is 0.105. The number of nitrogens with zero attached hydrogens (tertiary/aromatic N) is 2. The van der Waals surface area contributed by atoms with Crippen LogP contribution in [-0.4, -0.2) is 45.8 Å². The smallest absolute Gasteiger partial charge is 0.289 e. The summed E-state index contributed by atoms with van der Waals surface area (Å²) >= 11 is 5.75. The van der Waals surface area contributed by atoms with Crippen molar-refractivity contribution in [2.24, 2.45) is 0 Å². The van der Waals surface area contributed by atoms with E-state index < -0.39 is 35.6 Å². The highest BCUT2D eigenvalue weighted by Crippen LogP contribution is 2.33. The Morgan fingerprint density at radius 1 is 1.03 bits per heavy atom. The highest BCUT2D eigenvalue weighted by Gasteiger charge is 2.26. The van der Waals surface area contributed by atoms with Gasteiger partial charge in [-0.15, -0.1) is 0 Å². The number of anilines is 1. The topological polar surface area (TPSA) is 136 Å². The van der Waals surface area contributed by atoms with Gasteiger partial charge in [-0.25, -0.2) is 16.8 Å². The van der Waals surface area contributed by atoms with Gasteiger partial charge >= 0.3 is 0 Å². The maximum absolute atomic E-state index is 12.9. The average molecular weight is 492 g/mol. The van der Waals surface area contributed by atoms with Crippen molar-refractivity contribution in [1.29, 1.82) is 0 Å². The van der Waals surface area contributed by atoms with Crippen LogP contribution in [-0.2, 0) is 20.0 Å². The standard InChI is InChI=1S/C18H22ClN3O7S2/c1-4-21(5-2)31(27,28)14-8-10-18(29-6-3)16(11-14)20-30(25,26)13-7-9-15(19)17(12-13)22(23)24/h7-12,20H,4-6H2,1-3H3. The van der Waals surface area contributed by atoms with Crippen LogP contribution in [0, 0.1) is 10.1 Å². The minimum atomic E-state index is -4.32. The van der Waals surface area contributed by atoms with Gasteiger partial charge in [-0.1, -0.05) is 25.4 Å². The molecule has 13 heteroatoms. The van der Waals surface area contributed by atoms with Crippen LogP contribution >= 0.6 is 11.6 Å². The normalized spacial score (nSPS) is 12.0. The van der Waals surface area contributed by atoms with Crippen molar-refractivity contribution in [2.75, 3.05) is 24.4 Å². The number of rotatable bonds is 10. The molecule has 2 aromatic rings. The van der Waals surface area contributed by atoms with Crippen molar-refractivity contribution in [3.05, 3.63) is 51.5 Å². The van der Waals surface area contributed by atoms with Gasteiger partial charge in [0.1, 0.15) is 10.8 Å². The number of nitro benzene ring substituents is 1. The van der Waals surface area contributed by atoms with Gasteiger partial charge in [-0.05, 0) is 37.3 Å². The highest BCUT2D eigenvalue weighted by atomic mass is 35.5. The molecule has 0 fully saturated rings. The van der Waals surface area contributed by atoms with Crippen LogP contribution in [0.25, 0.3) is 0 Å². The molecule has 0 aromatic heterocycles. The molecule has 0 spiro atoms. The third kappa shape index (κ3) is 5.45. The lowest BCUT2D eigenvalue weighted by molar-refractivity contribution is -0.384. The number of hydrogen-bond acceptors (Lipinski definition) is 7. The zero-order chi connectivity index (χ0) is 23.4. The van der Waals surface area contributed by atoms with Gasteiger partial charge < -0.3 is 4.74 Å². The summed E-state index contributed by atoms with van der Waals surface area (Å²) in [4.78, 5) is 9.75. The minimum Gasteiger partial charge on any atom is -0.492 e. The second-order valence-corrected chi connectivity index (χ2v) is 10.2. The Labute approximate surface area is 186 Å². The molecule has 0 heterocycles. The fourth-order valence-corrected chi connectivity index (χ4v) is 5.50. The zero-order valence-electron chi connectivity index (χ0n) is 17.0. The maximum atomic E-state index is 12.9. The second kappa shape index (κ2) is 9.81. The summed E-state index contributed by atoms with van der Waals surface area (Å²) in [6, 6.07) is 6.85. The van der Waals surface area contributed by atoms with Gasteiger partial charge in [-0.3, -0.25) is 14.8 Å². The molecule has 1 N–H and O–H groups in total. The SMILES string of the molecule is CCOc1ccc(S(=O)(=O)N(CC)CC)cc1NS(=O)(=O)c1ccc(Cl)c([N+](=O)[O-])c1. The van der Waals surface area contributed by atoms with Crippen LogP contribution < -0.4 is 9.46 Å². The third-order valence-corrected chi connectivity index (χ3v) is 7.99. The molecular weight excluding hydrogens is 470 g/mol. The highest BCUT2D eigenvalue weighted by molar-refractivity contribution is 7.92. The number of hydrogen-bond donors (Lipinski definition) is 1. The van der Waals surface area contributed by atoms with Crippen molar-refractivity contribution >= 4 is 43.0 Å². The molecule has 0 saturated carbocycles. The Bertz CT molecular complexity index is 1180. The Kier molecular flexibility index (Phi) is 7.87. The Morgan fingerprint density at radius 2 is 1.65 bits per heavy atom. The average Bonchev–Trinajstić information content (AvgIpc) is 2.69. The van der Waals surface area contributed by atoms with Crippen LogP contribution in [0.1, 0.15) is 20.8 Å². The van der Waals surface area contributed by atoms with E-state index in [1.165, 1.54) is 16.4 Å². The van der Waals surface area contributed by atoms with Gasteiger partial charge in [0.25, 0.3) is 15.7 Å². The molecule has 0 amide bonds. The van der Waals surface area contributed by atoms with E-state index in [0.29, 0.717) is 0 Å². The first-order valence-electron chi connectivity index (χ1n) is 9.21. The number of halogens is 1. The summed E-state index contributed by atoms with van der Waals surface area (Å²) < 4.78 is 60.3. The number of ether oxygens (including phenoxy) is 1. The van der Waals surface area contributed by atoms with Gasteiger partial charge in [0.2, 0.25) is 10.0 Å². The lowest BCUT2D eigenvalue weighted by atomic mass is 10.3. The summed E-state index contributed by atoms with van der Waals surface area (Å²) in [6.07, 6.45) is 0. The molecule has 0 saturated heterocycles. The van der Waals surface area contributed by atoms with Crippen molar-refractivity contribution < 1.29 is 26.5 Å². The van der Waals surface area contributed by atoms with Crippen molar-refractivity contribution in [2.45, 2.75) is 30.6 Å². The Balaban J connectivity index is 2.56. The fourth-order valence-electron chi connectivity index (χ4n) is 2.75. The predicted octanol–water partition coefficient (Wildman–Crippen LogP) is 3.48. The Hall–Kier alpha value is -2.41. The third-order valence-electron chi connectivity index (χ3n) is 4.26. The molecule has 2 rings (SSSR count). The molecule has 2 aromatic carbocycles. The summed E-state index contributed by atoms with van der Waals surface area (Å²) in [6.45, 7) is 5.73. The Morgan fingerprint density at radius 3 is 2.19 bits per heavy atom. The van der Waals surface area contributed by atoms with Crippen LogP contribution in [0.3, 0.4) is 0 Å². The first-order chi connectivity index (χ1) is 14.5. The molecule has 10 nitrogen and oxygen atoms in total. The predicted molar refractivity (Wildman–Crippen MR) is 117 cm³/mol. The van der Waals surface area contributed by atoms with Crippen LogP contribution in [0.2, 0.25) is 5.02 Å². The van der Waals surface area contributed by atoms with Crippen molar-refractivity contribution in [3.8, 4) is 5.75 Å². The van der Waals surface area contributed by atoms with E-state index in [2.05, 4.69) is 4.72 Å². The number of nitro groups is 1. The molecule has 31 heavy (non-hydrogen) atoms. The monoisotopic (exact) mass is 491 g/mol. The van der Waals surface area contributed by atoms with E-state index in [1.807, 2.05) is 0 Å². The van der Waals surface area contributed by atoms with Crippen molar-refractivity contribution in [3.63, 3.8) is 0 Å². The molecule has 0 aliphatic carbocycles. The largest absolute Gasteiger partial charge is 0.492 e. The molecule has 0 aliphatic heterocycles. The number of nitrogens with one attached hydrogen (secondary N) is 1. The van der Waals surface area contributed by atoms with Crippen molar-refractivity contribution in [1.82, 2.24) is 4.31 Å². The van der Waals surface area contributed by atoms with E-state index in [1.54, 1.807) is 20.8 Å². The quantitative estimate of drug-likeness (QED) is 0.396. The summed E-state index contributed by atoms with van der Waals surface area (Å²) in [5.41, 5.74) is -0.694. The molecule has 0 radical (unpaired) electrons. The van der Waals surface area contributed by atoms with Gasteiger partial charge in [0.05, 0.1) is 27.0 Å². The second-order valence-electron chi connectivity index (χ2n) is 6.16.